The summed E-state index contributed by atoms with van der Waals surface area (Å²) in [5.74, 6) is 1.10. The summed E-state index contributed by atoms with van der Waals surface area (Å²) in [5, 5.41) is 8.05. The van der Waals surface area contributed by atoms with E-state index in [0.29, 0.717) is 73.3 Å². The Morgan fingerprint density at radius 1 is 1.11 bits per heavy atom. The zero-order valence-corrected chi connectivity index (χ0v) is 23.0. The molecule has 0 radical (unpaired) electrons. The van der Waals surface area contributed by atoms with Crippen molar-refractivity contribution >= 4 is 26.8 Å². The second-order valence-electron chi connectivity index (χ2n) is 9.94. The number of nitrogens with zero attached hydrogens (tertiary/aromatic N) is 7. The van der Waals surface area contributed by atoms with Gasteiger partial charge in [0.15, 0.2) is 11.3 Å². The van der Waals surface area contributed by atoms with Gasteiger partial charge in [0.2, 0.25) is 10.0 Å². The van der Waals surface area contributed by atoms with Gasteiger partial charge in [0.1, 0.15) is 23.4 Å². The number of hydrogen-bond donors (Lipinski definition) is 1. The first-order valence-corrected chi connectivity index (χ1v) is 14.5. The third-order valence-corrected chi connectivity index (χ3v) is 8.68. The Morgan fingerprint density at radius 2 is 1.87 bits per heavy atom. The van der Waals surface area contributed by atoms with Gasteiger partial charge in [0.05, 0.1) is 17.1 Å². The lowest BCUT2D eigenvalue weighted by atomic mass is 10.2. The van der Waals surface area contributed by atoms with Crippen molar-refractivity contribution < 1.29 is 13.2 Å². The van der Waals surface area contributed by atoms with Crippen LogP contribution in [0.2, 0.25) is 0 Å². The largest absolute Gasteiger partial charge is 0.493 e. The van der Waals surface area contributed by atoms with Crippen LogP contribution in [0.4, 0.5) is 0 Å². The van der Waals surface area contributed by atoms with Crippen LogP contribution in [0.15, 0.2) is 34.2 Å². The molecule has 5 rings (SSSR count). The van der Waals surface area contributed by atoms with Gasteiger partial charge in [0.25, 0.3) is 0 Å². The molecule has 12 nitrogen and oxygen atoms in total. The molecule has 0 amide bonds. The van der Waals surface area contributed by atoms with E-state index in [-0.39, 0.29) is 16.5 Å². The van der Waals surface area contributed by atoms with Crippen molar-refractivity contribution in [2.45, 2.75) is 45.6 Å². The number of rotatable bonds is 9. The Labute approximate surface area is 221 Å². The Hall–Kier alpha value is -3.29. The normalized spacial score (nSPS) is 15.7. The summed E-state index contributed by atoms with van der Waals surface area (Å²) >= 11 is 0. The number of hydrogen-bond acceptors (Lipinski definition) is 8. The highest BCUT2D eigenvalue weighted by molar-refractivity contribution is 7.89. The zero-order chi connectivity index (χ0) is 27.0. The van der Waals surface area contributed by atoms with Crippen molar-refractivity contribution in [3.05, 3.63) is 35.0 Å². The number of sulfonamides is 1. The summed E-state index contributed by atoms with van der Waals surface area (Å²) < 4.78 is 37.7. The van der Waals surface area contributed by atoms with E-state index in [1.807, 2.05) is 20.8 Å². The topological polar surface area (TPSA) is 131 Å². The minimum atomic E-state index is -3.72. The van der Waals surface area contributed by atoms with Crippen LogP contribution in [0, 0.1) is 5.92 Å². The van der Waals surface area contributed by atoms with Crippen LogP contribution in [-0.2, 0) is 16.6 Å². The van der Waals surface area contributed by atoms with E-state index in [4.69, 9.17) is 9.72 Å². The van der Waals surface area contributed by atoms with Crippen LogP contribution in [0.1, 0.15) is 34.1 Å². The van der Waals surface area contributed by atoms with E-state index >= 15 is 0 Å². The van der Waals surface area contributed by atoms with Crippen LogP contribution in [0.25, 0.3) is 28.2 Å². The Bertz CT molecular complexity index is 1610. The maximum absolute atomic E-state index is 13.6. The molecule has 0 atom stereocenters. The highest BCUT2D eigenvalue weighted by Gasteiger charge is 2.29. The average molecular weight is 543 g/mol. The van der Waals surface area contributed by atoms with E-state index < -0.39 is 10.0 Å². The van der Waals surface area contributed by atoms with Crippen LogP contribution in [0.3, 0.4) is 0 Å². The Balaban J connectivity index is 1.65. The smallest absolute Gasteiger partial charge is 0.336 e. The van der Waals surface area contributed by atoms with Crippen molar-refractivity contribution in [2.75, 3.05) is 39.3 Å². The van der Waals surface area contributed by atoms with Gasteiger partial charge in [-0.25, -0.2) is 22.6 Å². The van der Waals surface area contributed by atoms with Crippen molar-refractivity contribution in [3.8, 4) is 17.1 Å². The first kappa shape index (κ1) is 26.3. The molecule has 1 aliphatic rings. The molecule has 0 saturated carbocycles. The lowest BCUT2D eigenvalue weighted by molar-refractivity contribution is 0.196. The van der Waals surface area contributed by atoms with Gasteiger partial charge in [0, 0.05) is 32.7 Å². The molecule has 0 unspecified atom stereocenters. The third kappa shape index (κ3) is 4.69. The molecule has 0 aliphatic carbocycles. The number of benzene rings is 1. The lowest BCUT2D eigenvalue weighted by Crippen LogP contribution is -2.48. The number of piperazine rings is 1. The summed E-state index contributed by atoms with van der Waals surface area (Å²) in [4.78, 5) is 23.6. The molecule has 4 heterocycles. The van der Waals surface area contributed by atoms with Gasteiger partial charge < -0.3 is 14.6 Å². The number of H-pyrrole nitrogens is 1. The van der Waals surface area contributed by atoms with Crippen LogP contribution >= 0.6 is 0 Å². The molecular formula is C25H34N8O4S. The number of aromatic nitrogens is 6. The summed E-state index contributed by atoms with van der Waals surface area (Å²) in [6.45, 7) is 12.2. The van der Waals surface area contributed by atoms with Crippen LogP contribution < -0.4 is 10.4 Å². The monoisotopic (exact) mass is 542 g/mol. The first-order valence-electron chi connectivity index (χ1n) is 13.1. The average Bonchev–Trinajstić information content (AvgIpc) is 3.57. The maximum atomic E-state index is 13.6. The van der Waals surface area contributed by atoms with Gasteiger partial charge in [-0.1, -0.05) is 27.7 Å². The number of ether oxygens (including phenoxy) is 1. The van der Waals surface area contributed by atoms with Crippen molar-refractivity contribution in [1.82, 2.24) is 38.3 Å². The molecule has 1 fully saturated rings. The van der Waals surface area contributed by atoms with E-state index in [1.165, 1.54) is 15.0 Å². The summed E-state index contributed by atoms with van der Waals surface area (Å²) in [5.41, 5.74) is 1.56. The molecular weight excluding hydrogens is 508 g/mol. The van der Waals surface area contributed by atoms with E-state index in [0.717, 1.165) is 13.0 Å². The molecule has 1 N–H and O–H groups in total. The van der Waals surface area contributed by atoms with Crippen molar-refractivity contribution in [2.24, 2.45) is 5.92 Å². The fraction of sp³-hybridized carbons (Fsp3) is 0.520. The van der Waals surface area contributed by atoms with Crippen molar-refractivity contribution in [3.63, 3.8) is 0 Å². The highest BCUT2D eigenvalue weighted by atomic mass is 32.2. The maximum Gasteiger partial charge on any atom is 0.336 e. The van der Waals surface area contributed by atoms with Gasteiger partial charge >= 0.3 is 5.69 Å². The molecule has 1 saturated heterocycles. The molecule has 1 aromatic carbocycles. The fourth-order valence-electron chi connectivity index (χ4n) is 4.77. The molecule has 13 heteroatoms. The van der Waals surface area contributed by atoms with E-state index in [9.17, 15) is 13.2 Å². The van der Waals surface area contributed by atoms with E-state index in [1.54, 1.807) is 22.8 Å². The highest BCUT2D eigenvalue weighted by Crippen LogP contribution is 2.33. The minimum Gasteiger partial charge on any atom is -0.493 e. The molecule has 4 aromatic rings. The van der Waals surface area contributed by atoms with Gasteiger partial charge in [-0.15, -0.1) is 10.2 Å². The number of fused-ring (bicyclic) bond motifs is 3. The molecule has 1 aliphatic heterocycles. The SMILES string of the molecule is CCCOc1ccc(S(=O)(=O)N2CCN(CC)CC2)cc1-c1nc2c([nH]1)c1nncn1c(=O)n2CC(C)C. The second kappa shape index (κ2) is 10.5. The van der Waals surface area contributed by atoms with Crippen LogP contribution in [0.5, 0.6) is 5.75 Å². The fourth-order valence-corrected chi connectivity index (χ4v) is 6.22. The quantitative estimate of drug-likeness (QED) is 0.341. The van der Waals surface area contributed by atoms with E-state index in [2.05, 4.69) is 27.0 Å². The molecule has 0 spiro atoms. The Morgan fingerprint density at radius 3 is 2.55 bits per heavy atom. The predicted molar refractivity (Wildman–Crippen MR) is 144 cm³/mol. The summed E-state index contributed by atoms with van der Waals surface area (Å²) in [6.07, 6.45) is 2.17. The molecule has 0 bridgehead atoms. The molecule has 204 valence electrons. The predicted octanol–water partition coefficient (Wildman–Crippen LogP) is 2.21. The third-order valence-electron chi connectivity index (χ3n) is 6.78. The number of imidazole rings is 1. The minimum absolute atomic E-state index is 0.175. The van der Waals surface area contributed by atoms with Crippen LogP contribution in [-0.4, -0.2) is 86.1 Å². The number of likely N-dealkylation sites (N-methyl/N-ethyl adjacent to an activating group) is 1. The summed E-state index contributed by atoms with van der Waals surface area (Å²) in [6, 6.07) is 4.88. The van der Waals surface area contributed by atoms with Gasteiger partial charge in [-0.3, -0.25) is 4.57 Å². The number of nitrogens with one attached hydrogen (secondary N) is 1. The first-order chi connectivity index (χ1) is 18.2. The van der Waals surface area contributed by atoms with Gasteiger partial charge in [-0.2, -0.15) is 4.31 Å². The lowest BCUT2D eigenvalue weighted by Gasteiger charge is -2.33. The zero-order valence-electron chi connectivity index (χ0n) is 22.2. The number of aromatic amines is 1. The molecule has 38 heavy (non-hydrogen) atoms. The molecule has 3 aromatic heterocycles. The van der Waals surface area contributed by atoms with Gasteiger partial charge in [-0.05, 0) is 37.1 Å². The second-order valence-corrected chi connectivity index (χ2v) is 11.9. The standard InChI is InChI=1S/C25H34N8O4S/c1-5-13-37-20-8-7-18(38(35,36)31-11-9-30(6-2)10-12-31)14-19(20)22-27-21-23(28-22)32(15-17(3)4)25(34)33-16-26-29-24(21)33/h7-8,14,16-17H,5-6,9-13,15H2,1-4H3,(H,27,28). The van der Waals surface area contributed by atoms with Crippen molar-refractivity contribution in [1.29, 1.82) is 0 Å². The Kier molecular flexibility index (Phi) is 7.25. The summed E-state index contributed by atoms with van der Waals surface area (Å²) in [7, 11) is -3.72.